The summed E-state index contributed by atoms with van der Waals surface area (Å²) in [4.78, 5) is 10.4. The lowest BCUT2D eigenvalue weighted by Crippen LogP contribution is -2.41. The predicted octanol–water partition coefficient (Wildman–Crippen LogP) is 0.550. The van der Waals surface area contributed by atoms with Crippen LogP contribution in [0.1, 0.15) is 32.1 Å². The third kappa shape index (κ3) is 2.65. The van der Waals surface area contributed by atoms with Crippen LogP contribution in [-0.2, 0) is 9.47 Å². The SMILES string of the molecule is O=NC(CO)C(O)C1COC2(CCCCC2)O1. The molecule has 2 aliphatic rings. The molecule has 17 heavy (non-hydrogen) atoms. The molecule has 0 aromatic heterocycles. The van der Waals surface area contributed by atoms with E-state index in [0.717, 1.165) is 25.7 Å². The van der Waals surface area contributed by atoms with Crippen molar-refractivity contribution in [3.63, 3.8) is 0 Å². The van der Waals surface area contributed by atoms with Crippen LogP contribution in [0.5, 0.6) is 0 Å². The maximum Gasteiger partial charge on any atom is 0.169 e. The molecule has 6 heteroatoms. The molecule has 0 bridgehead atoms. The van der Waals surface area contributed by atoms with E-state index in [1.165, 1.54) is 6.42 Å². The van der Waals surface area contributed by atoms with Crippen molar-refractivity contribution in [1.29, 1.82) is 0 Å². The Bertz CT molecular complexity index is 267. The van der Waals surface area contributed by atoms with Gasteiger partial charge in [0.25, 0.3) is 0 Å². The smallest absolute Gasteiger partial charge is 0.169 e. The van der Waals surface area contributed by atoms with E-state index in [1.54, 1.807) is 0 Å². The van der Waals surface area contributed by atoms with E-state index in [1.807, 2.05) is 0 Å². The lowest BCUT2D eigenvalue weighted by molar-refractivity contribution is -0.196. The highest BCUT2D eigenvalue weighted by Crippen LogP contribution is 2.38. The van der Waals surface area contributed by atoms with Crippen molar-refractivity contribution in [2.75, 3.05) is 13.2 Å². The van der Waals surface area contributed by atoms with Crippen LogP contribution in [-0.4, -0.2) is 47.5 Å². The Morgan fingerprint density at radius 2 is 2.06 bits per heavy atom. The number of nitroso groups, excluding NO2 is 1. The van der Waals surface area contributed by atoms with Crippen LogP contribution < -0.4 is 0 Å². The molecule has 1 aliphatic heterocycles. The van der Waals surface area contributed by atoms with Crippen molar-refractivity contribution < 1.29 is 19.7 Å². The second-order valence-corrected chi connectivity index (χ2v) is 4.78. The maximum absolute atomic E-state index is 10.4. The summed E-state index contributed by atoms with van der Waals surface area (Å²) >= 11 is 0. The summed E-state index contributed by atoms with van der Waals surface area (Å²) in [7, 11) is 0. The van der Waals surface area contributed by atoms with Gasteiger partial charge >= 0.3 is 0 Å². The van der Waals surface area contributed by atoms with Crippen LogP contribution in [0.15, 0.2) is 5.18 Å². The molecule has 6 nitrogen and oxygen atoms in total. The van der Waals surface area contributed by atoms with Crippen LogP contribution in [0.2, 0.25) is 0 Å². The highest BCUT2D eigenvalue weighted by Gasteiger charge is 2.46. The van der Waals surface area contributed by atoms with E-state index in [0.29, 0.717) is 0 Å². The number of hydrogen-bond acceptors (Lipinski definition) is 6. The standard InChI is InChI=1S/C11H19NO5/c13-6-8(12-15)10(14)9-7-16-11(17-9)4-2-1-3-5-11/h8-10,13-14H,1-7H2. The zero-order chi connectivity index (χ0) is 12.3. The Kier molecular flexibility index (Phi) is 4.09. The first-order valence-electron chi connectivity index (χ1n) is 6.14. The maximum atomic E-state index is 10.4. The van der Waals surface area contributed by atoms with Gasteiger partial charge in [0.2, 0.25) is 0 Å². The third-order valence-corrected chi connectivity index (χ3v) is 3.59. The molecule has 0 radical (unpaired) electrons. The van der Waals surface area contributed by atoms with Gasteiger partial charge in [-0.25, -0.2) is 0 Å². The molecule has 98 valence electrons. The summed E-state index contributed by atoms with van der Waals surface area (Å²) in [6, 6.07) is -1.04. The fourth-order valence-electron chi connectivity index (χ4n) is 2.55. The molecule has 2 rings (SSSR count). The molecule has 0 aromatic carbocycles. The second-order valence-electron chi connectivity index (χ2n) is 4.78. The minimum Gasteiger partial charge on any atom is -0.394 e. The largest absolute Gasteiger partial charge is 0.394 e. The summed E-state index contributed by atoms with van der Waals surface area (Å²) in [5.74, 6) is -0.577. The van der Waals surface area contributed by atoms with Gasteiger partial charge in [0, 0.05) is 12.8 Å². The number of rotatable bonds is 4. The molecule has 3 atom stereocenters. The van der Waals surface area contributed by atoms with Gasteiger partial charge in [-0.3, -0.25) is 0 Å². The number of nitrogens with zero attached hydrogens (tertiary/aromatic N) is 1. The van der Waals surface area contributed by atoms with Gasteiger partial charge < -0.3 is 19.7 Å². The van der Waals surface area contributed by atoms with Gasteiger partial charge in [0.05, 0.1) is 13.2 Å². The number of aliphatic hydroxyl groups excluding tert-OH is 2. The van der Waals surface area contributed by atoms with Crippen molar-refractivity contribution >= 4 is 0 Å². The van der Waals surface area contributed by atoms with Crippen molar-refractivity contribution in [2.45, 2.75) is 56.1 Å². The van der Waals surface area contributed by atoms with Crippen LogP contribution in [0.4, 0.5) is 0 Å². The normalized spacial score (nSPS) is 31.3. The fraction of sp³-hybridized carbons (Fsp3) is 1.00. The van der Waals surface area contributed by atoms with E-state index < -0.39 is 30.6 Å². The average molecular weight is 245 g/mol. The fourth-order valence-corrected chi connectivity index (χ4v) is 2.55. The summed E-state index contributed by atoms with van der Waals surface area (Å²) in [5, 5.41) is 21.5. The molecule has 1 aliphatic carbocycles. The summed E-state index contributed by atoms with van der Waals surface area (Å²) < 4.78 is 11.4. The molecule has 1 heterocycles. The van der Waals surface area contributed by atoms with Crippen LogP contribution >= 0.6 is 0 Å². The zero-order valence-corrected chi connectivity index (χ0v) is 9.75. The second kappa shape index (κ2) is 5.39. The van der Waals surface area contributed by atoms with E-state index in [4.69, 9.17) is 14.6 Å². The predicted molar refractivity (Wildman–Crippen MR) is 59.3 cm³/mol. The Morgan fingerprint density at radius 3 is 2.65 bits per heavy atom. The molecule has 1 saturated carbocycles. The first kappa shape index (κ1) is 12.9. The molecule has 2 fully saturated rings. The Morgan fingerprint density at radius 1 is 1.35 bits per heavy atom. The number of hydrogen-bond donors (Lipinski definition) is 2. The van der Waals surface area contributed by atoms with Gasteiger partial charge in [0.15, 0.2) is 5.79 Å². The topological polar surface area (TPSA) is 88.4 Å². The minimum absolute atomic E-state index is 0.257. The molecule has 3 unspecified atom stereocenters. The van der Waals surface area contributed by atoms with Crippen LogP contribution in [0.3, 0.4) is 0 Å². The van der Waals surface area contributed by atoms with Crippen LogP contribution in [0.25, 0.3) is 0 Å². The molecular formula is C11H19NO5. The Hall–Kier alpha value is -0.560. The van der Waals surface area contributed by atoms with Gasteiger partial charge in [-0.1, -0.05) is 11.6 Å². The molecule has 0 amide bonds. The van der Waals surface area contributed by atoms with Crippen LogP contribution in [0, 0.1) is 4.91 Å². The summed E-state index contributed by atoms with van der Waals surface area (Å²) in [6.07, 6.45) is 3.28. The van der Waals surface area contributed by atoms with E-state index in [9.17, 15) is 10.0 Å². The van der Waals surface area contributed by atoms with Gasteiger partial charge in [-0.2, -0.15) is 4.91 Å². The van der Waals surface area contributed by atoms with Gasteiger partial charge in [0.1, 0.15) is 18.2 Å². The lowest BCUT2D eigenvalue weighted by atomic mass is 9.94. The number of aliphatic hydroxyl groups is 2. The van der Waals surface area contributed by atoms with Crippen molar-refractivity contribution in [2.24, 2.45) is 5.18 Å². The van der Waals surface area contributed by atoms with Crippen molar-refractivity contribution in [3.8, 4) is 0 Å². The van der Waals surface area contributed by atoms with E-state index in [2.05, 4.69) is 5.18 Å². The van der Waals surface area contributed by atoms with Crippen molar-refractivity contribution in [3.05, 3.63) is 4.91 Å². The summed E-state index contributed by atoms with van der Waals surface area (Å²) in [6.45, 7) is -0.218. The first-order valence-corrected chi connectivity index (χ1v) is 6.14. The van der Waals surface area contributed by atoms with E-state index in [-0.39, 0.29) is 6.61 Å². The van der Waals surface area contributed by atoms with Gasteiger partial charge in [-0.15, -0.1) is 0 Å². The lowest BCUT2D eigenvalue weighted by Gasteiger charge is -2.32. The minimum atomic E-state index is -1.10. The Balaban J connectivity index is 1.94. The van der Waals surface area contributed by atoms with E-state index >= 15 is 0 Å². The Labute approximate surface area is 99.9 Å². The molecule has 0 aromatic rings. The molecular weight excluding hydrogens is 226 g/mol. The first-order chi connectivity index (χ1) is 8.21. The summed E-state index contributed by atoms with van der Waals surface area (Å²) in [5.41, 5.74) is 0. The molecule has 1 saturated heterocycles. The molecule has 1 spiro atoms. The highest BCUT2D eigenvalue weighted by molar-refractivity contribution is 4.89. The quantitative estimate of drug-likeness (QED) is 0.706. The van der Waals surface area contributed by atoms with Gasteiger partial charge in [-0.05, 0) is 12.8 Å². The zero-order valence-electron chi connectivity index (χ0n) is 9.75. The van der Waals surface area contributed by atoms with Crippen molar-refractivity contribution in [1.82, 2.24) is 0 Å². The monoisotopic (exact) mass is 245 g/mol. The average Bonchev–Trinajstić information content (AvgIpc) is 2.75. The third-order valence-electron chi connectivity index (χ3n) is 3.59. The highest BCUT2D eigenvalue weighted by atomic mass is 16.7. The number of ether oxygens (including phenoxy) is 2. The molecule has 2 N–H and O–H groups in total.